The molecule has 0 aromatic heterocycles. The van der Waals surface area contributed by atoms with Crippen LogP contribution in [0.5, 0.6) is 0 Å². The summed E-state index contributed by atoms with van der Waals surface area (Å²) in [6.07, 6.45) is -0.784. The van der Waals surface area contributed by atoms with E-state index in [4.69, 9.17) is 11.0 Å². The molecule has 0 spiro atoms. The van der Waals surface area contributed by atoms with Gasteiger partial charge in [0.1, 0.15) is 16.7 Å². The van der Waals surface area contributed by atoms with E-state index in [1.807, 2.05) is 6.07 Å². The van der Waals surface area contributed by atoms with E-state index < -0.39 is 28.1 Å². The number of nitrogens with two attached hydrogens (primary N) is 1. The molecule has 0 fully saturated rings. The normalized spacial score (nSPS) is 14.9. The summed E-state index contributed by atoms with van der Waals surface area (Å²) in [7, 11) is 0. The first-order chi connectivity index (χ1) is 8.24. The quantitative estimate of drug-likeness (QED) is 0.646. The van der Waals surface area contributed by atoms with Crippen LogP contribution < -0.4 is 10.5 Å². The summed E-state index contributed by atoms with van der Waals surface area (Å²) in [6, 6.07) is 5.66. The lowest BCUT2D eigenvalue weighted by molar-refractivity contribution is 0.526. The molecule has 0 unspecified atom stereocenters. The summed E-state index contributed by atoms with van der Waals surface area (Å²) >= 11 is -1.36. The number of rotatable bonds is 3. The van der Waals surface area contributed by atoms with Gasteiger partial charge in [0.25, 0.3) is 0 Å². The summed E-state index contributed by atoms with van der Waals surface area (Å²) in [6.45, 7) is 5.40. The van der Waals surface area contributed by atoms with Crippen molar-refractivity contribution >= 4 is 11.4 Å². The first-order valence-electron chi connectivity index (χ1n) is 5.38. The van der Waals surface area contributed by atoms with Gasteiger partial charge in [0.15, 0.2) is 0 Å². The zero-order valence-corrected chi connectivity index (χ0v) is 11.3. The van der Waals surface area contributed by atoms with Gasteiger partial charge in [-0.05, 0) is 44.5 Å². The van der Waals surface area contributed by atoms with Gasteiger partial charge in [-0.3, -0.25) is 0 Å². The van der Waals surface area contributed by atoms with Gasteiger partial charge in [-0.2, -0.15) is 5.26 Å². The van der Waals surface area contributed by atoms with Crippen LogP contribution in [0.25, 0.3) is 0 Å². The van der Waals surface area contributed by atoms with Crippen LogP contribution in [0.4, 0.5) is 4.39 Å². The Kier molecular flexibility index (Phi) is 4.71. The Bertz CT molecular complexity index is 467. The van der Waals surface area contributed by atoms with E-state index >= 15 is 0 Å². The van der Waals surface area contributed by atoms with Crippen molar-refractivity contribution in [2.24, 2.45) is 5.73 Å². The van der Waals surface area contributed by atoms with Crippen LogP contribution in [0.15, 0.2) is 18.2 Å². The number of nitriles is 1. The highest BCUT2D eigenvalue weighted by atomic mass is 32.2. The van der Waals surface area contributed by atoms with Crippen LogP contribution in [-0.2, 0) is 11.4 Å². The highest BCUT2D eigenvalue weighted by Crippen LogP contribution is 2.18. The van der Waals surface area contributed by atoms with Crippen molar-refractivity contribution < 1.29 is 8.94 Å². The third-order valence-corrected chi connectivity index (χ3v) is 3.78. The van der Waals surface area contributed by atoms with Crippen LogP contribution in [0.2, 0.25) is 0 Å². The topological polar surface area (TPSA) is 84.9 Å². The summed E-state index contributed by atoms with van der Waals surface area (Å²) in [5.74, 6) is -0.539. The number of nitrogens with one attached hydrogen (secondary N) is 1. The van der Waals surface area contributed by atoms with Crippen molar-refractivity contribution in [2.75, 3.05) is 0 Å². The lowest BCUT2D eigenvalue weighted by Crippen LogP contribution is -2.43. The molecular formula is C12H16FN3OS. The minimum Gasteiger partial charge on any atom is -0.598 e. The third kappa shape index (κ3) is 3.96. The SMILES string of the molecule is CC(C)(C)[S@@+]([O-])N[C@H](N)c1cc(F)cc(C#N)c1. The van der Waals surface area contributed by atoms with Gasteiger partial charge in [-0.1, -0.05) is 0 Å². The number of hydrogen-bond donors (Lipinski definition) is 2. The Hall–Kier alpha value is -1.13. The molecule has 0 saturated carbocycles. The molecule has 0 heterocycles. The maximum atomic E-state index is 13.2. The molecule has 0 aliphatic heterocycles. The van der Waals surface area contributed by atoms with Crippen molar-refractivity contribution in [3.8, 4) is 6.07 Å². The zero-order chi connectivity index (χ0) is 13.9. The summed E-state index contributed by atoms with van der Waals surface area (Å²) in [5.41, 5.74) is 6.38. The molecule has 0 bridgehead atoms. The highest BCUT2D eigenvalue weighted by molar-refractivity contribution is 7.90. The van der Waals surface area contributed by atoms with E-state index in [1.54, 1.807) is 20.8 Å². The molecule has 2 atom stereocenters. The van der Waals surface area contributed by atoms with E-state index in [0.29, 0.717) is 5.56 Å². The molecule has 1 rings (SSSR count). The third-order valence-electron chi connectivity index (χ3n) is 2.20. The largest absolute Gasteiger partial charge is 0.598 e. The lowest BCUT2D eigenvalue weighted by atomic mass is 10.1. The number of halogens is 1. The Labute approximate surface area is 109 Å². The average molecular weight is 269 g/mol. The van der Waals surface area contributed by atoms with Gasteiger partial charge >= 0.3 is 0 Å². The Morgan fingerprint density at radius 2 is 2.06 bits per heavy atom. The van der Waals surface area contributed by atoms with Gasteiger partial charge in [0.2, 0.25) is 0 Å². The fourth-order valence-electron chi connectivity index (χ4n) is 1.22. The maximum Gasteiger partial charge on any atom is 0.137 e. The molecule has 1 aromatic carbocycles. The van der Waals surface area contributed by atoms with E-state index in [9.17, 15) is 8.94 Å². The van der Waals surface area contributed by atoms with Crippen molar-refractivity contribution in [2.45, 2.75) is 31.7 Å². The van der Waals surface area contributed by atoms with Crippen LogP contribution in [0.1, 0.15) is 38.1 Å². The van der Waals surface area contributed by atoms with E-state index in [2.05, 4.69) is 4.72 Å². The molecule has 98 valence electrons. The number of nitrogens with zero attached hydrogens (tertiary/aromatic N) is 1. The predicted molar refractivity (Wildman–Crippen MR) is 69.1 cm³/mol. The van der Waals surface area contributed by atoms with Gasteiger partial charge in [-0.25, -0.2) is 4.39 Å². The monoisotopic (exact) mass is 269 g/mol. The first-order valence-corrected chi connectivity index (χ1v) is 6.53. The van der Waals surface area contributed by atoms with Crippen LogP contribution in [-0.4, -0.2) is 9.30 Å². The molecule has 4 nitrogen and oxygen atoms in total. The van der Waals surface area contributed by atoms with E-state index in [1.165, 1.54) is 12.1 Å². The minimum atomic E-state index is -1.36. The summed E-state index contributed by atoms with van der Waals surface area (Å²) in [5, 5.41) is 8.74. The maximum absolute atomic E-state index is 13.2. The van der Waals surface area contributed by atoms with Gasteiger partial charge in [0, 0.05) is 11.4 Å². The van der Waals surface area contributed by atoms with E-state index in [0.717, 1.165) is 6.07 Å². The molecular weight excluding hydrogens is 253 g/mol. The second kappa shape index (κ2) is 5.67. The second-order valence-electron chi connectivity index (χ2n) is 4.86. The van der Waals surface area contributed by atoms with Crippen molar-refractivity contribution in [1.82, 2.24) is 4.72 Å². The molecule has 3 N–H and O–H groups in total. The van der Waals surface area contributed by atoms with Gasteiger partial charge in [0.05, 0.1) is 11.6 Å². The second-order valence-corrected chi connectivity index (χ2v) is 6.86. The Morgan fingerprint density at radius 1 is 1.44 bits per heavy atom. The minimum absolute atomic E-state index is 0.184. The lowest BCUT2D eigenvalue weighted by Gasteiger charge is -2.26. The van der Waals surface area contributed by atoms with Gasteiger partial charge < -0.3 is 10.3 Å². The first kappa shape index (κ1) is 14.9. The molecule has 0 amide bonds. The van der Waals surface area contributed by atoms with Crippen LogP contribution in [0, 0.1) is 17.1 Å². The summed E-state index contributed by atoms with van der Waals surface area (Å²) in [4.78, 5) is 0. The Balaban J connectivity index is 2.88. The predicted octanol–water partition coefficient (Wildman–Crippen LogP) is 1.71. The molecule has 0 aliphatic rings. The van der Waals surface area contributed by atoms with Crippen molar-refractivity contribution in [1.29, 1.82) is 5.26 Å². The van der Waals surface area contributed by atoms with E-state index in [-0.39, 0.29) is 5.56 Å². The smallest absolute Gasteiger partial charge is 0.137 e. The Morgan fingerprint density at radius 3 is 2.56 bits per heavy atom. The van der Waals surface area contributed by atoms with Crippen LogP contribution in [0.3, 0.4) is 0 Å². The molecule has 0 aliphatic carbocycles. The average Bonchev–Trinajstić information content (AvgIpc) is 2.26. The fraction of sp³-hybridized carbons (Fsp3) is 0.417. The highest BCUT2D eigenvalue weighted by Gasteiger charge is 2.28. The fourth-order valence-corrected chi connectivity index (χ4v) is 1.94. The molecule has 1 aromatic rings. The van der Waals surface area contributed by atoms with Crippen molar-refractivity contribution in [3.05, 3.63) is 35.1 Å². The molecule has 0 saturated heterocycles. The molecule has 18 heavy (non-hydrogen) atoms. The molecule has 6 heteroatoms. The zero-order valence-electron chi connectivity index (χ0n) is 10.5. The van der Waals surface area contributed by atoms with Crippen molar-refractivity contribution in [3.63, 3.8) is 0 Å². The standard InChI is InChI=1S/C12H16FN3OS/c1-12(2,3)18(17)16-11(15)9-4-8(7-14)5-10(13)6-9/h4-6,11,16H,15H2,1-3H3/t11-,18+/m0/s1. The van der Waals surface area contributed by atoms with Gasteiger partial charge in [-0.15, -0.1) is 4.72 Å². The van der Waals surface area contributed by atoms with Crippen LogP contribution >= 0.6 is 0 Å². The number of hydrogen-bond acceptors (Lipinski definition) is 4. The number of benzene rings is 1. The molecule has 0 radical (unpaired) electrons. The summed E-state index contributed by atoms with van der Waals surface area (Å²) < 4.78 is 27.3.